The first-order chi connectivity index (χ1) is 8.00. The van der Waals surface area contributed by atoms with Crippen molar-refractivity contribution >= 4 is 11.4 Å². The highest BCUT2D eigenvalue weighted by atomic mass is 32.2. The third kappa shape index (κ3) is 3.39. The number of ether oxygens (including phenoxy) is 1. The van der Waals surface area contributed by atoms with Gasteiger partial charge in [0.05, 0.1) is 6.26 Å². The summed E-state index contributed by atoms with van der Waals surface area (Å²) in [6, 6.07) is 0. The van der Waals surface area contributed by atoms with Crippen molar-refractivity contribution in [3.8, 4) is 0 Å². The van der Waals surface area contributed by atoms with Crippen LogP contribution < -0.4 is 5.14 Å². The van der Waals surface area contributed by atoms with Gasteiger partial charge in [-0.15, -0.1) is 0 Å². The molecule has 4 heteroatoms. The highest BCUT2D eigenvalue weighted by Gasteiger charge is 2.44. The van der Waals surface area contributed by atoms with Gasteiger partial charge in [-0.05, 0) is 51.5 Å². The van der Waals surface area contributed by atoms with E-state index in [0.717, 1.165) is 25.2 Å². The second-order valence-electron chi connectivity index (χ2n) is 5.89. The lowest BCUT2D eigenvalue weighted by atomic mass is 9.85. The van der Waals surface area contributed by atoms with E-state index in [4.69, 9.17) is 9.88 Å². The normalized spacial score (nSPS) is 28.6. The number of hydrogen-bond acceptors (Lipinski definition) is 3. The van der Waals surface area contributed by atoms with Crippen LogP contribution in [0.4, 0.5) is 0 Å². The van der Waals surface area contributed by atoms with E-state index in [1.807, 2.05) is 20.1 Å². The predicted octanol–water partition coefficient (Wildman–Crippen LogP) is 2.50. The van der Waals surface area contributed by atoms with Gasteiger partial charge in [-0.3, -0.25) is 0 Å². The summed E-state index contributed by atoms with van der Waals surface area (Å²) >= 11 is -1.26. The summed E-state index contributed by atoms with van der Waals surface area (Å²) in [6.07, 6.45) is 9.88. The first-order valence-electron chi connectivity index (χ1n) is 6.47. The minimum absolute atomic E-state index is 0.301. The van der Waals surface area contributed by atoms with E-state index in [-0.39, 0.29) is 4.75 Å². The summed E-state index contributed by atoms with van der Waals surface area (Å²) in [4.78, 5) is 0. The van der Waals surface area contributed by atoms with Gasteiger partial charge in [-0.2, -0.15) is 5.14 Å². The Kier molecular flexibility index (Phi) is 4.06. The van der Waals surface area contributed by atoms with Crippen molar-refractivity contribution in [3.05, 3.63) is 12.3 Å². The molecule has 0 radical (unpaired) electrons. The molecule has 0 saturated heterocycles. The lowest BCUT2D eigenvalue weighted by Gasteiger charge is -2.34. The third-order valence-corrected chi connectivity index (χ3v) is 5.20. The van der Waals surface area contributed by atoms with Crippen molar-refractivity contribution in [2.45, 2.75) is 56.8 Å². The SMILES string of the molecule is CC(C)(C[C@@H](C1CC1)[C@@H]1CCC=CO1)[S+](N)[O-]. The van der Waals surface area contributed by atoms with Crippen molar-refractivity contribution in [2.75, 3.05) is 0 Å². The number of allylic oxidation sites excluding steroid dienone is 1. The average molecular weight is 257 g/mol. The highest BCUT2D eigenvalue weighted by Crippen LogP contribution is 2.45. The molecule has 17 heavy (non-hydrogen) atoms. The van der Waals surface area contributed by atoms with Crippen LogP contribution in [-0.4, -0.2) is 15.4 Å². The van der Waals surface area contributed by atoms with Crippen molar-refractivity contribution in [1.29, 1.82) is 0 Å². The van der Waals surface area contributed by atoms with E-state index >= 15 is 0 Å². The second-order valence-corrected chi connectivity index (χ2v) is 7.59. The lowest BCUT2D eigenvalue weighted by molar-refractivity contribution is 0.0503. The second kappa shape index (κ2) is 5.21. The Morgan fingerprint density at radius 2 is 2.18 bits per heavy atom. The fourth-order valence-corrected chi connectivity index (χ4v) is 3.00. The average Bonchev–Trinajstić information content (AvgIpc) is 3.11. The minimum Gasteiger partial charge on any atom is -0.598 e. The van der Waals surface area contributed by atoms with Crippen LogP contribution >= 0.6 is 0 Å². The van der Waals surface area contributed by atoms with E-state index in [1.54, 1.807) is 0 Å². The third-order valence-electron chi connectivity index (χ3n) is 3.94. The number of hydrogen-bond donors (Lipinski definition) is 1. The van der Waals surface area contributed by atoms with Crippen molar-refractivity contribution in [3.63, 3.8) is 0 Å². The van der Waals surface area contributed by atoms with Crippen molar-refractivity contribution in [1.82, 2.24) is 0 Å². The summed E-state index contributed by atoms with van der Waals surface area (Å²) < 4.78 is 17.0. The smallest absolute Gasteiger partial charge is 0.139 e. The first kappa shape index (κ1) is 13.2. The molecule has 1 fully saturated rings. The van der Waals surface area contributed by atoms with Gasteiger partial charge >= 0.3 is 0 Å². The van der Waals surface area contributed by atoms with Crippen LogP contribution in [0.5, 0.6) is 0 Å². The Bertz CT molecular complexity index is 287. The topological polar surface area (TPSA) is 58.3 Å². The van der Waals surface area contributed by atoms with Gasteiger partial charge in [0.1, 0.15) is 10.9 Å². The van der Waals surface area contributed by atoms with Crippen LogP contribution in [0.1, 0.15) is 46.0 Å². The molecule has 0 aromatic rings. The molecule has 1 heterocycles. The Morgan fingerprint density at radius 1 is 1.47 bits per heavy atom. The maximum Gasteiger partial charge on any atom is 0.139 e. The van der Waals surface area contributed by atoms with E-state index in [2.05, 4.69) is 6.08 Å². The summed E-state index contributed by atoms with van der Waals surface area (Å²) in [5, 5.41) is 5.59. The van der Waals surface area contributed by atoms with Gasteiger partial charge in [0.2, 0.25) is 0 Å². The molecule has 0 spiro atoms. The van der Waals surface area contributed by atoms with Gasteiger partial charge in [0.25, 0.3) is 0 Å². The highest BCUT2D eigenvalue weighted by molar-refractivity contribution is 7.90. The molecule has 1 aliphatic carbocycles. The fourth-order valence-electron chi connectivity index (χ4n) is 2.64. The molecule has 0 aromatic carbocycles. The largest absolute Gasteiger partial charge is 0.598 e. The summed E-state index contributed by atoms with van der Waals surface area (Å²) in [5.74, 6) is 1.27. The van der Waals surface area contributed by atoms with Gasteiger partial charge in [0.15, 0.2) is 0 Å². The lowest BCUT2D eigenvalue weighted by Crippen LogP contribution is -2.42. The standard InChI is InChI=1S/C13H23NO2S/c1-13(2,17(14)15)9-11(10-6-7-10)12-5-3-4-8-16-12/h4,8,10-12H,3,5-7,9,14H2,1-2H3/t11-,12-,17?/m0/s1. The quantitative estimate of drug-likeness (QED) is 0.770. The van der Waals surface area contributed by atoms with Crippen LogP contribution in [0, 0.1) is 11.8 Å². The zero-order chi connectivity index (χ0) is 12.5. The molecule has 0 bridgehead atoms. The molecular weight excluding hydrogens is 234 g/mol. The number of nitrogens with two attached hydrogens (primary N) is 1. The zero-order valence-electron chi connectivity index (χ0n) is 10.7. The summed E-state index contributed by atoms with van der Waals surface area (Å²) in [5.41, 5.74) is 0. The Balaban J connectivity index is 1.99. The summed E-state index contributed by atoms with van der Waals surface area (Å²) in [6.45, 7) is 3.99. The van der Waals surface area contributed by atoms with Gasteiger partial charge in [-0.25, -0.2) is 0 Å². The van der Waals surface area contributed by atoms with Crippen molar-refractivity contribution < 1.29 is 9.29 Å². The monoisotopic (exact) mass is 257 g/mol. The van der Waals surface area contributed by atoms with Crippen LogP contribution in [0.3, 0.4) is 0 Å². The Labute approximate surface area is 107 Å². The summed E-state index contributed by atoms with van der Waals surface area (Å²) in [7, 11) is 0. The molecule has 1 unspecified atom stereocenters. The molecule has 3 atom stereocenters. The molecule has 2 rings (SSSR count). The molecule has 1 saturated carbocycles. The maximum absolute atomic E-state index is 11.6. The van der Waals surface area contributed by atoms with Crippen LogP contribution in [0.2, 0.25) is 0 Å². The zero-order valence-corrected chi connectivity index (χ0v) is 11.5. The molecule has 3 nitrogen and oxygen atoms in total. The molecular formula is C13H23NO2S. The number of rotatable bonds is 5. The van der Waals surface area contributed by atoms with Gasteiger partial charge < -0.3 is 9.29 Å². The van der Waals surface area contributed by atoms with E-state index in [9.17, 15) is 4.55 Å². The predicted molar refractivity (Wildman–Crippen MR) is 70.5 cm³/mol. The van der Waals surface area contributed by atoms with Crippen molar-refractivity contribution in [2.24, 2.45) is 17.0 Å². The van der Waals surface area contributed by atoms with Gasteiger partial charge in [0, 0.05) is 23.7 Å². The van der Waals surface area contributed by atoms with Crippen LogP contribution in [0.15, 0.2) is 12.3 Å². The van der Waals surface area contributed by atoms with E-state index < -0.39 is 11.4 Å². The Morgan fingerprint density at radius 3 is 2.65 bits per heavy atom. The van der Waals surface area contributed by atoms with E-state index in [1.165, 1.54) is 12.8 Å². The molecule has 1 aliphatic heterocycles. The van der Waals surface area contributed by atoms with Crippen LogP contribution in [-0.2, 0) is 16.1 Å². The van der Waals surface area contributed by atoms with Gasteiger partial charge in [-0.1, -0.05) is 0 Å². The first-order valence-corrected chi connectivity index (χ1v) is 7.69. The molecule has 2 aliphatic rings. The maximum atomic E-state index is 11.6. The molecule has 0 aromatic heterocycles. The fraction of sp³-hybridized carbons (Fsp3) is 0.846. The Hall–Kier alpha value is -0.190. The molecule has 0 amide bonds. The molecule has 2 N–H and O–H groups in total. The van der Waals surface area contributed by atoms with E-state index in [0.29, 0.717) is 12.0 Å². The van der Waals surface area contributed by atoms with Crippen LogP contribution in [0.25, 0.3) is 0 Å². The minimum atomic E-state index is -1.26. The molecule has 98 valence electrons.